The van der Waals surface area contributed by atoms with Gasteiger partial charge in [0, 0.05) is 17.6 Å². The molecule has 1 heterocycles. The Morgan fingerprint density at radius 3 is 2.36 bits per heavy atom. The van der Waals surface area contributed by atoms with Gasteiger partial charge in [-0.15, -0.1) is 0 Å². The molecule has 0 spiro atoms. The van der Waals surface area contributed by atoms with Crippen LogP contribution >= 0.6 is 23.2 Å². The fourth-order valence-corrected chi connectivity index (χ4v) is 3.57. The van der Waals surface area contributed by atoms with E-state index in [1.165, 1.54) is 5.56 Å². The van der Waals surface area contributed by atoms with Gasteiger partial charge in [-0.25, -0.2) is 4.68 Å². The lowest BCUT2D eigenvalue weighted by molar-refractivity contribution is 0.103. The number of halogens is 2. The normalized spacial score (nSPS) is 11.0. The first-order chi connectivity index (χ1) is 13.2. The molecule has 0 amide bonds. The summed E-state index contributed by atoms with van der Waals surface area (Å²) in [5, 5.41) is 5.30. The summed E-state index contributed by atoms with van der Waals surface area (Å²) in [5.41, 5.74) is 5.09. The van der Waals surface area contributed by atoms with E-state index in [-0.39, 0.29) is 5.78 Å². The van der Waals surface area contributed by atoms with Crippen molar-refractivity contribution in [1.82, 2.24) is 9.78 Å². The second-order valence-electron chi connectivity index (χ2n) is 6.99. The quantitative estimate of drug-likeness (QED) is 0.495. The first kappa shape index (κ1) is 20.4. The number of aryl methyl sites for hydroxylation is 4. The van der Waals surface area contributed by atoms with E-state index >= 15 is 0 Å². The van der Waals surface area contributed by atoms with E-state index in [4.69, 9.17) is 27.9 Å². The van der Waals surface area contributed by atoms with Crippen molar-refractivity contribution in [3.63, 3.8) is 0 Å². The highest BCUT2D eigenvalue weighted by Gasteiger charge is 2.26. The SMILES string of the molecule is Cc1ccc(COc2c(C(=O)c3cc(C)c(Cl)c(C)c3Cl)c(C)nn2C)cc1. The molecule has 0 N–H and O–H groups in total. The van der Waals surface area contributed by atoms with Crippen molar-refractivity contribution in [1.29, 1.82) is 0 Å². The molecule has 4 nitrogen and oxygen atoms in total. The maximum absolute atomic E-state index is 13.3. The molecule has 0 radical (unpaired) electrons. The van der Waals surface area contributed by atoms with Gasteiger partial charge in [0.15, 0.2) is 0 Å². The Morgan fingerprint density at radius 1 is 1.07 bits per heavy atom. The number of hydrogen-bond acceptors (Lipinski definition) is 3. The number of nitrogens with zero attached hydrogens (tertiary/aromatic N) is 2. The number of carbonyl (C=O) groups is 1. The van der Waals surface area contributed by atoms with Gasteiger partial charge in [-0.05, 0) is 50.5 Å². The summed E-state index contributed by atoms with van der Waals surface area (Å²) in [7, 11) is 1.76. The van der Waals surface area contributed by atoms with Crippen molar-refractivity contribution in [3.8, 4) is 5.88 Å². The molecular weight excluding hydrogens is 395 g/mol. The Hall–Kier alpha value is -2.30. The molecule has 146 valence electrons. The fourth-order valence-electron chi connectivity index (χ4n) is 3.14. The molecule has 0 aliphatic rings. The Morgan fingerprint density at radius 2 is 1.71 bits per heavy atom. The molecule has 0 fully saturated rings. The first-order valence-corrected chi connectivity index (χ1v) is 9.68. The zero-order valence-corrected chi connectivity index (χ0v) is 18.1. The van der Waals surface area contributed by atoms with Crippen LogP contribution in [0.3, 0.4) is 0 Å². The van der Waals surface area contributed by atoms with Crippen LogP contribution in [0.4, 0.5) is 0 Å². The van der Waals surface area contributed by atoms with Gasteiger partial charge in [0.25, 0.3) is 0 Å². The van der Waals surface area contributed by atoms with Crippen LogP contribution < -0.4 is 4.74 Å². The van der Waals surface area contributed by atoms with Crippen molar-refractivity contribution in [3.05, 3.63) is 79.5 Å². The molecule has 0 aliphatic heterocycles. The summed E-state index contributed by atoms with van der Waals surface area (Å²) >= 11 is 12.7. The van der Waals surface area contributed by atoms with E-state index in [0.717, 1.165) is 11.1 Å². The number of carbonyl (C=O) groups excluding carboxylic acids is 1. The summed E-state index contributed by atoms with van der Waals surface area (Å²) in [6.07, 6.45) is 0. The maximum atomic E-state index is 13.3. The minimum Gasteiger partial charge on any atom is -0.472 e. The molecule has 2 aromatic carbocycles. The van der Waals surface area contributed by atoms with Crippen LogP contribution in [0.2, 0.25) is 10.0 Å². The first-order valence-electron chi connectivity index (χ1n) is 8.92. The van der Waals surface area contributed by atoms with E-state index in [9.17, 15) is 4.79 Å². The molecule has 1 aromatic heterocycles. The summed E-state index contributed by atoms with van der Waals surface area (Å²) < 4.78 is 7.58. The van der Waals surface area contributed by atoms with Crippen molar-refractivity contribution >= 4 is 29.0 Å². The van der Waals surface area contributed by atoms with Crippen molar-refractivity contribution in [2.24, 2.45) is 7.05 Å². The summed E-state index contributed by atoms with van der Waals surface area (Å²) in [5.74, 6) is 0.196. The maximum Gasteiger partial charge on any atom is 0.223 e. The van der Waals surface area contributed by atoms with Gasteiger partial charge >= 0.3 is 0 Å². The molecular formula is C22H22Cl2N2O2. The van der Waals surface area contributed by atoms with Crippen LogP contribution in [0.1, 0.15) is 43.9 Å². The lowest BCUT2D eigenvalue weighted by atomic mass is 9.99. The monoisotopic (exact) mass is 416 g/mol. The zero-order valence-electron chi connectivity index (χ0n) is 16.6. The molecule has 0 unspecified atom stereocenters. The average molecular weight is 417 g/mol. The third-order valence-electron chi connectivity index (χ3n) is 4.74. The zero-order chi connectivity index (χ0) is 20.6. The number of aromatic nitrogens is 2. The lowest BCUT2D eigenvalue weighted by Crippen LogP contribution is -2.09. The number of ether oxygens (including phenoxy) is 1. The van der Waals surface area contributed by atoms with Crippen LogP contribution in [0.5, 0.6) is 5.88 Å². The molecule has 0 atom stereocenters. The van der Waals surface area contributed by atoms with Gasteiger partial charge in [-0.3, -0.25) is 4.79 Å². The minimum atomic E-state index is -0.225. The molecule has 6 heteroatoms. The van der Waals surface area contributed by atoms with E-state index < -0.39 is 0 Å². The third-order valence-corrected chi connectivity index (χ3v) is 5.81. The largest absolute Gasteiger partial charge is 0.472 e. The molecule has 0 saturated heterocycles. The second kappa shape index (κ2) is 7.98. The van der Waals surface area contributed by atoms with Crippen molar-refractivity contribution < 1.29 is 9.53 Å². The van der Waals surface area contributed by atoms with Crippen molar-refractivity contribution in [2.75, 3.05) is 0 Å². The van der Waals surface area contributed by atoms with Gasteiger partial charge in [0.1, 0.15) is 12.2 Å². The molecule has 0 saturated carbocycles. The smallest absolute Gasteiger partial charge is 0.223 e. The van der Waals surface area contributed by atoms with Gasteiger partial charge in [-0.1, -0.05) is 53.0 Å². The highest BCUT2D eigenvalue weighted by atomic mass is 35.5. The van der Waals surface area contributed by atoms with Gasteiger partial charge in [-0.2, -0.15) is 5.10 Å². The molecule has 3 rings (SSSR count). The van der Waals surface area contributed by atoms with E-state index in [0.29, 0.717) is 44.9 Å². The Labute approximate surface area is 175 Å². The van der Waals surface area contributed by atoms with Crippen LogP contribution in [-0.4, -0.2) is 15.6 Å². The van der Waals surface area contributed by atoms with E-state index in [1.807, 2.05) is 38.1 Å². The highest BCUT2D eigenvalue weighted by Crippen LogP contribution is 2.34. The summed E-state index contributed by atoms with van der Waals surface area (Å²) in [6, 6.07) is 9.78. The molecule has 0 bridgehead atoms. The Bertz CT molecular complexity index is 1050. The second-order valence-corrected chi connectivity index (χ2v) is 7.74. The van der Waals surface area contributed by atoms with Gasteiger partial charge in [0.2, 0.25) is 11.7 Å². The third kappa shape index (κ3) is 3.80. The van der Waals surface area contributed by atoms with Crippen LogP contribution in [0, 0.1) is 27.7 Å². The summed E-state index contributed by atoms with van der Waals surface area (Å²) in [4.78, 5) is 13.3. The molecule has 28 heavy (non-hydrogen) atoms. The lowest BCUT2D eigenvalue weighted by Gasteiger charge is -2.12. The minimum absolute atomic E-state index is 0.225. The predicted octanol–water partition coefficient (Wildman–Crippen LogP) is 5.77. The van der Waals surface area contributed by atoms with Crippen LogP contribution in [0.15, 0.2) is 30.3 Å². The van der Waals surface area contributed by atoms with Crippen LogP contribution in [0.25, 0.3) is 0 Å². The van der Waals surface area contributed by atoms with Gasteiger partial charge in [0.05, 0.1) is 10.7 Å². The van der Waals surface area contributed by atoms with E-state index in [2.05, 4.69) is 5.10 Å². The Kier molecular flexibility index (Phi) is 5.82. The van der Waals surface area contributed by atoms with E-state index in [1.54, 1.807) is 31.6 Å². The van der Waals surface area contributed by atoms with Gasteiger partial charge < -0.3 is 4.74 Å². The molecule has 3 aromatic rings. The average Bonchev–Trinajstić information content (AvgIpc) is 2.95. The standard InChI is InChI=1S/C22H22Cl2N2O2/c1-12-6-8-16(9-7-12)11-28-22-18(15(4)25-26(22)5)21(27)17-10-13(2)19(23)14(3)20(17)24/h6-10H,11H2,1-5H3. The number of hydrogen-bond donors (Lipinski definition) is 0. The fraction of sp³-hybridized carbons (Fsp3) is 0.273. The topological polar surface area (TPSA) is 44.1 Å². The number of ketones is 1. The van der Waals surface area contributed by atoms with Crippen LogP contribution in [-0.2, 0) is 13.7 Å². The summed E-state index contributed by atoms with van der Waals surface area (Å²) in [6.45, 7) is 7.82. The molecule has 0 aliphatic carbocycles. The predicted molar refractivity (Wildman–Crippen MR) is 113 cm³/mol. The van der Waals surface area contributed by atoms with Crippen molar-refractivity contribution in [2.45, 2.75) is 34.3 Å². The number of benzene rings is 2. The Balaban J connectivity index is 1.99. The highest BCUT2D eigenvalue weighted by molar-refractivity contribution is 6.39. The number of rotatable bonds is 5.